The second kappa shape index (κ2) is 10.1. The van der Waals surface area contributed by atoms with Crippen LogP contribution in [0.4, 0.5) is 13.2 Å². The highest BCUT2D eigenvalue weighted by atomic mass is 19.4. The van der Waals surface area contributed by atoms with Crippen LogP contribution in [-0.4, -0.2) is 27.5 Å². The third-order valence-electron chi connectivity index (χ3n) is 6.45. The summed E-state index contributed by atoms with van der Waals surface area (Å²) in [5, 5.41) is 9.24. The Hall–Kier alpha value is -3.65. The Bertz CT molecular complexity index is 1290. The van der Waals surface area contributed by atoms with Crippen molar-refractivity contribution in [2.24, 2.45) is 0 Å². The molecule has 1 aromatic heterocycles. The minimum Gasteiger partial charge on any atom is -0.479 e. The average molecular weight is 498 g/mol. The topological polar surface area (TPSA) is 68.5 Å². The van der Waals surface area contributed by atoms with Crippen molar-refractivity contribution in [1.82, 2.24) is 4.57 Å². The van der Waals surface area contributed by atoms with Gasteiger partial charge >= 0.3 is 12.1 Å². The average Bonchev–Trinajstić information content (AvgIpc) is 3.29. The van der Waals surface area contributed by atoms with Crippen molar-refractivity contribution < 1.29 is 32.6 Å². The van der Waals surface area contributed by atoms with E-state index in [1.807, 2.05) is 36.4 Å². The van der Waals surface area contributed by atoms with E-state index >= 15 is 0 Å². The van der Waals surface area contributed by atoms with Crippen LogP contribution in [0.2, 0.25) is 0 Å². The van der Waals surface area contributed by atoms with E-state index in [-0.39, 0.29) is 11.3 Å². The summed E-state index contributed by atoms with van der Waals surface area (Å²) >= 11 is 0. The fourth-order valence-corrected chi connectivity index (χ4v) is 4.35. The quantitative estimate of drug-likeness (QED) is 0.351. The molecule has 1 heterocycles. The highest BCUT2D eigenvalue weighted by Crippen LogP contribution is 2.45. The maximum absolute atomic E-state index is 13.0. The van der Waals surface area contributed by atoms with Crippen LogP contribution in [0.1, 0.15) is 58.9 Å². The molecule has 0 spiro atoms. The van der Waals surface area contributed by atoms with Gasteiger partial charge in [0.25, 0.3) is 0 Å². The predicted molar refractivity (Wildman–Crippen MR) is 128 cm³/mol. The zero-order valence-electron chi connectivity index (χ0n) is 19.7. The van der Waals surface area contributed by atoms with E-state index in [9.17, 15) is 27.9 Å². The van der Waals surface area contributed by atoms with Crippen LogP contribution >= 0.6 is 0 Å². The van der Waals surface area contributed by atoms with Gasteiger partial charge in [-0.15, -0.1) is 0 Å². The van der Waals surface area contributed by atoms with E-state index < -0.39 is 35.2 Å². The summed E-state index contributed by atoms with van der Waals surface area (Å²) in [6.07, 6.45) is 2.47. The number of nitrogens with zero attached hydrogens (tertiary/aromatic N) is 1. The second-order valence-electron chi connectivity index (χ2n) is 8.93. The summed E-state index contributed by atoms with van der Waals surface area (Å²) in [4.78, 5) is 24.2. The first-order valence-corrected chi connectivity index (χ1v) is 11.6. The highest BCUT2D eigenvalue weighted by Gasteiger charge is 2.42. The van der Waals surface area contributed by atoms with Gasteiger partial charge in [-0.05, 0) is 67.6 Å². The van der Waals surface area contributed by atoms with Crippen LogP contribution in [-0.2, 0) is 27.9 Å². The van der Waals surface area contributed by atoms with E-state index in [0.29, 0.717) is 6.54 Å². The minimum atomic E-state index is -4.52. The Labute approximate surface area is 206 Å². The van der Waals surface area contributed by atoms with Gasteiger partial charge in [-0.25, -0.2) is 4.79 Å². The van der Waals surface area contributed by atoms with E-state index in [0.717, 1.165) is 42.5 Å². The molecule has 0 bridgehead atoms. The number of ether oxygens (including phenoxy) is 1. The number of allylic oxidation sites excluding steroid dienone is 1. The Morgan fingerprint density at radius 2 is 1.86 bits per heavy atom. The molecule has 1 aliphatic carbocycles. The molecule has 1 fully saturated rings. The highest BCUT2D eigenvalue weighted by molar-refractivity contribution is 6.08. The van der Waals surface area contributed by atoms with Gasteiger partial charge in [0.05, 0.1) is 16.9 Å². The third-order valence-corrected chi connectivity index (χ3v) is 6.45. The van der Waals surface area contributed by atoms with Gasteiger partial charge in [-0.1, -0.05) is 42.5 Å². The largest absolute Gasteiger partial charge is 0.479 e. The number of hydrogen-bond donors (Lipinski definition) is 1. The number of halogens is 3. The van der Waals surface area contributed by atoms with Crippen LogP contribution in [0.15, 0.2) is 72.9 Å². The number of hydrogen-bond acceptors (Lipinski definition) is 3. The lowest BCUT2D eigenvalue weighted by molar-refractivity contribution is -0.177. The maximum atomic E-state index is 13.0. The van der Waals surface area contributed by atoms with Gasteiger partial charge in [-0.3, -0.25) is 4.79 Å². The third kappa shape index (κ3) is 5.44. The number of carboxylic acids is 1. The number of aromatic nitrogens is 1. The number of aliphatic carboxylic acids is 1. The molecule has 1 aliphatic rings. The maximum Gasteiger partial charge on any atom is 0.416 e. The lowest BCUT2D eigenvalue weighted by Gasteiger charge is -2.43. The number of ketones is 1. The van der Waals surface area contributed by atoms with Crippen molar-refractivity contribution >= 4 is 17.8 Å². The van der Waals surface area contributed by atoms with Crippen LogP contribution in [0.5, 0.6) is 0 Å². The van der Waals surface area contributed by atoms with Crippen LogP contribution in [0.25, 0.3) is 6.08 Å². The van der Waals surface area contributed by atoms with Gasteiger partial charge in [-0.2, -0.15) is 13.2 Å². The molecule has 0 aliphatic heterocycles. The molecule has 5 nitrogen and oxygen atoms in total. The molecule has 2 aromatic carbocycles. The molecule has 0 saturated heterocycles. The summed E-state index contributed by atoms with van der Waals surface area (Å²) in [6.45, 7) is 1.87. The Balaban J connectivity index is 1.48. The zero-order chi connectivity index (χ0) is 25.9. The molecule has 0 amide bonds. The molecule has 1 atom stereocenters. The van der Waals surface area contributed by atoms with Crippen molar-refractivity contribution in [2.75, 3.05) is 0 Å². The standard InChI is InChI=1S/C28H26F3NO4/c1-19(26(34)35)36-27(13-6-14-27)22-10-2-7-20(17-22)8-4-15-32-16-5-12-24(32)25(33)21-9-3-11-23(18-21)28(29,30)31/h2-5,7-12,16-19H,6,13-15H2,1H3,(H,34,35)/t19-/m1/s1. The van der Waals surface area contributed by atoms with Crippen molar-refractivity contribution in [1.29, 1.82) is 0 Å². The molecule has 188 valence electrons. The van der Waals surface area contributed by atoms with Gasteiger partial charge < -0.3 is 14.4 Å². The van der Waals surface area contributed by atoms with E-state index in [1.165, 1.54) is 19.1 Å². The Morgan fingerprint density at radius 1 is 1.11 bits per heavy atom. The van der Waals surface area contributed by atoms with E-state index in [1.54, 1.807) is 22.9 Å². The van der Waals surface area contributed by atoms with Crippen molar-refractivity contribution in [2.45, 2.75) is 50.6 Å². The van der Waals surface area contributed by atoms with Gasteiger partial charge in [0, 0.05) is 18.3 Å². The summed E-state index contributed by atoms with van der Waals surface area (Å²) in [6, 6.07) is 15.4. The van der Waals surface area contributed by atoms with E-state index in [4.69, 9.17) is 4.74 Å². The molecule has 1 N–H and O–H groups in total. The second-order valence-corrected chi connectivity index (χ2v) is 8.93. The van der Waals surface area contributed by atoms with Gasteiger partial charge in [0.15, 0.2) is 6.10 Å². The van der Waals surface area contributed by atoms with Crippen molar-refractivity contribution in [3.63, 3.8) is 0 Å². The normalized spacial score (nSPS) is 16.0. The number of alkyl halides is 3. The molecular formula is C28H26F3NO4. The minimum absolute atomic E-state index is 0.0251. The summed E-state index contributed by atoms with van der Waals surface area (Å²) in [5.74, 6) is -1.49. The van der Waals surface area contributed by atoms with Crippen molar-refractivity contribution in [3.8, 4) is 0 Å². The van der Waals surface area contributed by atoms with Crippen molar-refractivity contribution in [3.05, 3.63) is 101 Å². The monoisotopic (exact) mass is 497 g/mol. The molecule has 3 aromatic rings. The Morgan fingerprint density at radius 3 is 2.53 bits per heavy atom. The number of carbonyl (C=O) groups excluding carboxylic acids is 1. The number of rotatable bonds is 9. The van der Waals surface area contributed by atoms with E-state index in [2.05, 4.69) is 0 Å². The molecule has 0 unspecified atom stereocenters. The fraction of sp³-hybridized carbons (Fsp3) is 0.286. The summed E-state index contributed by atoms with van der Waals surface area (Å²) in [7, 11) is 0. The van der Waals surface area contributed by atoms with Gasteiger partial charge in [0.1, 0.15) is 0 Å². The Kier molecular flexibility index (Phi) is 7.17. The lowest BCUT2D eigenvalue weighted by Crippen LogP contribution is -2.42. The number of benzene rings is 2. The fourth-order valence-electron chi connectivity index (χ4n) is 4.35. The number of carboxylic acid groups (broad SMARTS) is 1. The molecule has 36 heavy (non-hydrogen) atoms. The first-order valence-electron chi connectivity index (χ1n) is 11.6. The summed E-state index contributed by atoms with van der Waals surface area (Å²) < 4.78 is 46.7. The molecule has 8 heteroatoms. The molecule has 4 rings (SSSR count). The number of carbonyl (C=O) groups is 2. The van der Waals surface area contributed by atoms with Crippen LogP contribution < -0.4 is 0 Å². The van der Waals surface area contributed by atoms with Crippen LogP contribution in [0.3, 0.4) is 0 Å². The zero-order valence-corrected chi connectivity index (χ0v) is 19.7. The first kappa shape index (κ1) is 25.4. The first-order chi connectivity index (χ1) is 17.1. The predicted octanol–water partition coefficient (Wildman–Crippen LogP) is 6.32. The van der Waals surface area contributed by atoms with Crippen LogP contribution in [0, 0.1) is 0 Å². The van der Waals surface area contributed by atoms with Gasteiger partial charge in [0.2, 0.25) is 5.78 Å². The molecular weight excluding hydrogens is 471 g/mol. The SMILES string of the molecule is C[C@@H](OC1(c2cccc(C=CCn3cccc3C(=O)c3cccc(C(F)(F)F)c3)c2)CCC1)C(=O)O. The lowest BCUT2D eigenvalue weighted by atomic mass is 9.74. The summed E-state index contributed by atoms with van der Waals surface area (Å²) in [5.41, 5.74) is 0.609. The molecule has 0 radical (unpaired) electrons. The smallest absolute Gasteiger partial charge is 0.416 e. The molecule has 1 saturated carbocycles.